The second kappa shape index (κ2) is 6.96. The highest BCUT2D eigenvalue weighted by Gasteiger charge is 2.25. The van der Waals surface area contributed by atoms with E-state index < -0.39 is 12.6 Å². The summed E-state index contributed by atoms with van der Waals surface area (Å²) in [5, 5.41) is 2.60. The van der Waals surface area contributed by atoms with Crippen LogP contribution in [0.25, 0.3) is 0 Å². The predicted octanol–water partition coefficient (Wildman–Crippen LogP) is 3.75. The molecule has 0 saturated heterocycles. The molecule has 0 spiro atoms. The summed E-state index contributed by atoms with van der Waals surface area (Å²) in [6, 6.07) is 6.98. The maximum absolute atomic E-state index is 11.9. The number of carbonyl (C=O) groups is 1. The molecule has 1 aromatic rings. The third kappa shape index (κ3) is 6.23. The summed E-state index contributed by atoms with van der Waals surface area (Å²) in [5.41, 5.74) is 0.520. The van der Waals surface area contributed by atoms with Gasteiger partial charge in [0.1, 0.15) is 0 Å². The van der Waals surface area contributed by atoms with Gasteiger partial charge in [-0.2, -0.15) is 13.2 Å². The maximum atomic E-state index is 11.9. The lowest BCUT2D eigenvalue weighted by Crippen LogP contribution is -2.24. The first kappa shape index (κ1) is 15.3. The van der Waals surface area contributed by atoms with E-state index >= 15 is 0 Å². The van der Waals surface area contributed by atoms with Gasteiger partial charge >= 0.3 is 6.18 Å². The molecule has 100 valence electrons. The lowest BCUT2D eigenvalue weighted by Gasteiger charge is -2.07. The highest BCUT2D eigenvalue weighted by molar-refractivity contribution is 14.1. The van der Waals surface area contributed by atoms with E-state index in [9.17, 15) is 18.0 Å². The number of rotatable bonds is 5. The van der Waals surface area contributed by atoms with Gasteiger partial charge in [-0.1, -0.05) is 0 Å². The molecule has 1 aromatic carbocycles. The lowest BCUT2D eigenvalue weighted by atomic mass is 10.2. The number of hydrogen-bond donors (Lipinski definition) is 1. The van der Waals surface area contributed by atoms with Gasteiger partial charge in [-0.3, -0.25) is 4.79 Å². The average Bonchev–Trinajstić information content (AvgIpc) is 2.27. The van der Waals surface area contributed by atoms with E-state index in [1.165, 1.54) is 0 Å². The zero-order chi connectivity index (χ0) is 13.6. The van der Waals surface area contributed by atoms with E-state index in [4.69, 9.17) is 0 Å². The van der Waals surface area contributed by atoms with Gasteiger partial charge in [0.25, 0.3) is 5.91 Å². The van der Waals surface area contributed by atoms with Crippen molar-refractivity contribution in [3.63, 3.8) is 0 Å². The Balaban J connectivity index is 2.24. The fourth-order valence-corrected chi connectivity index (χ4v) is 1.72. The Kier molecular flexibility index (Phi) is 5.90. The van der Waals surface area contributed by atoms with Gasteiger partial charge in [0, 0.05) is 22.1 Å². The van der Waals surface area contributed by atoms with Gasteiger partial charge in [0.15, 0.2) is 0 Å². The Hall–Kier alpha value is -0.790. The zero-order valence-electron chi connectivity index (χ0n) is 9.56. The monoisotopic (exact) mass is 371 g/mol. The molecule has 0 saturated carbocycles. The zero-order valence-corrected chi connectivity index (χ0v) is 11.7. The van der Waals surface area contributed by atoms with Crippen LogP contribution in [-0.2, 0) is 0 Å². The van der Waals surface area contributed by atoms with Crippen molar-refractivity contribution in [1.82, 2.24) is 5.32 Å². The van der Waals surface area contributed by atoms with E-state index in [-0.39, 0.29) is 18.9 Å². The number of carbonyl (C=O) groups excluding carboxylic acids is 1. The summed E-state index contributed by atoms with van der Waals surface area (Å²) in [7, 11) is 0. The molecule has 0 aliphatic carbocycles. The van der Waals surface area contributed by atoms with Crippen molar-refractivity contribution in [2.75, 3.05) is 6.54 Å². The van der Waals surface area contributed by atoms with E-state index in [0.29, 0.717) is 12.0 Å². The molecular weight excluding hydrogens is 358 g/mol. The first-order valence-corrected chi connectivity index (χ1v) is 6.57. The molecule has 0 bridgehead atoms. The molecule has 18 heavy (non-hydrogen) atoms. The molecule has 0 atom stereocenters. The molecular formula is C12H13F3INO. The van der Waals surface area contributed by atoms with E-state index in [1.54, 1.807) is 24.3 Å². The highest BCUT2D eigenvalue weighted by atomic mass is 127. The second-order valence-corrected chi connectivity index (χ2v) is 5.08. The van der Waals surface area contributed by atoms with E-state index in [1.807, 2.05) is 0 Å². The van der Waals surface area contributed by atoms with Crippen LogP contribution < -0.4 is 5.32 Å². The van der Waals surface area contributed by atoms with Gasteiger partial charge in [0.2, 0.25) is 0 Å². The van der Waals surface area contributed by atoms with Gasteiger partial charge in [0.05, 0.1) is 0 Å². The highest BCUT2D eigenvalue weighted by Crippen LogP contribution is 2.21. The van der Waals surface area contributed by atoms with Crippen LogP contribution in [0.4, 0.5) is 13.2 Å². The summed E-state index contributed by atoms with van der Waals surface area (Å²) >= 11 is 2.13. The quantitative estimate of drug-likeness (QED) is 0.620. The van der Waals surface area contributed by atoms with Gasteiger partial charge < -0.3 is 5.32 Å². The molecule has 2 nitrogen and oxygen atoms in total. The summed E-state index contributed by atoms with van der Waals surface area (Å²) in [6.45, 7) is 0.265. The standard InChI is InChI=1S/C12H13F3INO/c13-12(14,15)7-1-2-8-17-11(18)9-3-5-10(16)6-4-9/h3-6H,1-2,7-8H2,(H,17,18). The molecule has 1 N–H and O–H groups in total. The van der Waals surface area contributed by atoms with Crippen molar-refractivity contribution < 1.29 is 18.0 Å². The number of hydrogen-bond acceptors (Lipinski definition) is 1. The molecule has 0 radical (unpaired) electrons. The van der Waals surface area contributed by atoms with Crippen molar-refractivity contribution >= 4 is 28.5 Å². The fourth-order valence-electron chi connectivity index (χ4n) is 1.36. The smallest absolute Gasteiger partial charge is 0.352 e. The number of halogens is 4. The van der Waals surface area contributed by atoms with Gasteiger partial charge in [-0.25, -0.2) is 0 Å². The summed E-state index contributed by atoms with van der Waals surface area (Å²) in [5.74, 6) is -0.251. The fraction of sp³-hybridized carbons (Fsp3) is 0.417. The molecule has 6 heteroatoms. The van der Waals surface area contributed by atoms with Crippen molar-refractivity contribution in [2.45, 2.75) is 25.4 Å². The van der Waals surface area contributed by atoms with Crippen molar-refractivity contribution in [1.29, 1.82) is 0 Å². The number of nitrogens with one attached hydrogen (secondary N) is 1. The number of benzene rings is 1. The van der Waals surface area contributed by atoms with Gasteiger partial charge in [-0.15, -0.1) is 0 Å². The van der Waals surface area contributed by atoms with Crippen LogP contribution in [0.2, 0.25) is 0 Å². The number of alkyl halides is 3. The number of amides is 1. The first-order valence-electron chi connectivity index (χ1n) is 5.49. The number of unbranched alkanes of at least 4 members (excludes halogenated alkanes) is 1. The summed E-state index contributed by atoms with van der Waals surface area (Å²) < 4.78 is 36.6. The molecule has 0 aliphatic rings. The van der Waals surface area contributed by atoms with Crippen molar-refractivity contribution in [3.05, 3.63) is 33.4 Å². The van der Waals surface area contributed by atoms with Crippen LogP contribution in [0.3, 0.4) is 0 Å². The van der Waals surface area contributed by atoms with Crippen LogP contribution in [0.15, 0.2) is 24.3 Å². The average molecular weight is 371 g/mol. The molecule has 0 aliphatic heterocycles. The maximum Gasteiger partial charge on any atom is 0.389 e. The minimum Gasteiger partial charge on any atom is -0.352 e. The van der Waals surface area contributed by atoms with Crippen LogP contribution >= 0.6 is 22.6 Å². The Morgan fingerprint density at radius 1 is 1.17 bits per heavy atom. The van der Waals surface area contributed by atoms with Crippen LogP contribution in [0.1, 0.15) is 29.6 Å². The SMILES string of the molecule is O=C(NCCCCC(F)(F)F)c1ccc(I)cc1. The predicted molar refractivity (Wildman–Crippen MR) is 71.4 cm³/mol. The third-order valence-corrected chi connectivity index (χ3v) is 3.00. The van der Waals surface area contributed by atoms with Gasteiger partial charge in [-0.05, 0) is 59.7 Å². The molecule has 0 aromatic heterocycles. The summed E-state index contributed by atoms with van der Waals surface area (Å²) in [6.07, 6.45) is -4.54. The van der Waals surface area contributed by atoms with Crippen LogP contribution in [0.5, 0.6) is 0 Å². The Labute approximate surface area is 117 Å². The molecule has 0 heterocycles. The second-order valence-electron chi connectivity index (χ2n) is 3.84. The van der Waals surface area contributed by atoms with E-state index in [2.05, 4.69) is 27.9 Å². The normalized spacial score (nSPS) is 11.3. The third-order valence-electron chi connectivity index (χ3n) is 2.28. The van der Waals surface area contributed by atoms with Crippen molar-refractivity contribution in [3.8, 4) is 0 Å². The summed E-state index contributed by atoms with van der Waals surface area (Å²) in [4.78, 5) is 11.6. The Morgan fingerprint density at radius 3 is 2.33 bits per heavy atom. The Bertz CT molecular complexity index is 389. The molecule has 0 unspecified atom stereocenters. The lowest BCUT2D eigenvalue weighted by molar-refractivity contribution is -0.135. The first-order chi connectivity index (χ1) is 8.38. The molecule has 0 fully saturated rings. The van der Waals surface area contributed by atoms with Crippen LogP contribution in [0, 0.1) is 3.57 Å². The van der Waals surface area contributed by atoms with Crippen molar-refractivity contribution in [2.24, 2.45) is 0 Å². The largest absolute Gasteiger partial charge is 0.389 e. The molecule has 1 rings (SSSR count). The van der Waals surface area contributed by atoms with E-state index in [0.717, 1.165) is 3.57 Å². The van der Waals surface area contributed by atoms with Crippen LogP contribution in [-0.4, -0.2) is 18.6 Å². The Morgan fingerprint density at radius 2 is 1.78 bits per heavy atom. The topological polar surface area (TPSA) is 29.1 Å². The minimum absolute atomic E-state index is 0.0382. The minimum atomic E-state index is -4.11. The molecule has 1 amide bonds.